The van der Waals surface area contributed by atoms with Gasteiger partial charge in [-0.1, -0.05) is 20.3 Å². The van der Waals surface area contributed by atoms with Crippen LogP contribution >= 0.6 is 0 Å². The Kier molecular flexibility index (Phi) is 4.19. The van der Waals surface area contributed by atoms with Crippen molar-refractivity contribution in [3.05, 3.63) is 23.8 Å². The maximum atomic E-state index is 9.01. The highest BCUT2D eigenvalue weighted by Crippen LogP contribution is 2.21. The molecule has 2 atom stereocenters. The number of nitrogen functional groups attached to an aromatic ring is 1. The first-order chi connectivity index (χ1) is 7.58. The molecule has 0 aliphatic heterocycles. The minimum Gasteiger partial charge on any atom is -0.399 e. The molecule has 3 N–H and O–H groups in total. The lowest BCUT2D eigenvalue weighted by molar-refractivity contribution is 0.494. The van der Waals surface area contributed by atoms with Crippen LogP contribution in [-0.2, 0) is 0 Å². The van der Waals surface area contributed by atoms with Crippen molar-refractivity contribution in [1.29, 1.82) is 5.26 Å². The third-order valence-electron chi connectivity index (χ3n) is 3.04. The van der Waals surface area contributed by atoms with Crippen LogP contribution in [0.3, 0.4) is 0 Å². The fourth-order valence-electron chi connectivity index (χ4n) is 1.52. The summed E-state index contributed by atoms with van der Waals surface area (Å²) in [7, 11) is 0. The predicted octanol–water partition coefficient (Wildman–Crippen LogP) is 2.99. The molecule has 0 amide bonds. The first kappa shape index (κ1) is 12.4. The third kappa shape index (κ3) is 2.90. The third-order valence-corrected chi connectivity index (χ3v) is 3.04. The van der Waals surface area contributed by atoms with Gasteiger partial charge in [0.2, 0.25) is 0 Å². The Hall–Kier alpha value is -1.69. The summed E-state index contributed by atoms with van der Waals surface area (Å²) in [4.78, 5) is 0. The van der Waals surface area contributed by atoms with Crippen molar-refractivity contribution in [2.45, 2.75) is 33.2 Å². The van der Waals surface area contributed by atoms with Crippen molar-refractivity contribution >= 4 is 11.4 Å². The monoisotopic (exact) mass is 217 g/mol. The molecule has 86 valence electrons. The van der Waals surface area contributed by atoms with E-state index >= 15 is 0 Å². The van der Waals surface area contributed by atoms with Crippen LogP contribution in [0, 0.1) is 17.2 Å². The molecule has 0 fully saturated rings. The van der Waals surface area contributed by atoms with Gasteiger partial charge in [-0.05, 0) is 31.0 Å². The summed E-state index contributed by atoms with van der Waals surface area (Å²) in [5, 5.41) is 12.4. The van der Waals surface area contributed by atoms with Crippen molar-refractivity contribution in [3.8, 4) is 6.07 Å². The summed E-state index contributed by atoms with van der Waals surface area (Å²) < 4.78 is 0. The molecule has 0 aliphatic rings. The molecule has 0 radical (unpaired) electrons. The molecule has 0 aromatic heterocycles. The molecule has 3 heteroatoms. The summed E-state index contributed by atoms with van der Waals surface area (Å²) in [6.07, 6.45) is 1.12. The number of nitriles is 1. The highest BCUT2D eigenvalue weighted by atomic mass is 14.9. The van der Waals surface area contributed by atoms with Crippen molar-refractivity contribution in [2.24, 2.45) is 5.92 Å². The number of benzene rings is 1. The van der Waals surface area contributed by atoms with E-state index in [2.05, 4.69) is 32.2 Å². The predicted molar refractivity (Wildman–Crippen MR) is 68.1 cm³/mol. The van der Waals surface area contributed by atoms with Crippen LogP contribution in [-0.4, -0.2) is 6.04 Å². The Balaban J connectivity index is 2.85. The second kappa shape index (κ2) is 5.41. The minimum absolute atomic E-state index is 0.348. The van der Waals surface area contributed by atoms with Gasteiger partial charge in [0.1, 0.15) is 6.07 Å². The maximum absolute atomic E-state index is 9.01. The van der Waals surface area contributed by atoms with Crippen molar-refractivity contribution in [2.75, 3.05) is 11.1 Å². The molecule has 0 bridgehead atoms. The van der Waals surface area contributed by atoms with Crippen LogP contribution in [0.1, 0.15) is 32.8 Å². The summed E-state index contributed by atoms with van der Waals surface area (Å²) in [6.45, 7) is 6.49. The van der Waals surface area contributed by atoms with Crippen molar-refractivity contribution < 1.29 is 0 Å². The van der Waals surface area contributed by atoms with Gasteiger partial charge >= 0.3 is 0 Å². The highest BCUT2D eigenvalue weighted by Gasteiger charge is 2.11. The van der Waals surface area contributed by atoms with Crippen LogP contribution in [0.15, 0.2) is 18.2 Å². The topological polar surface area (TPSA) is 61.8 Å². The number of nitrogens with one attached hydrogen (secondary N) is 1. The second-order valence-corrected chi connectivity index (χ2v) is 4.24. The number of rotatable bonds is 4. The highest BCUT2D eigenvalue weighted by molar-refractivity contribution is 5.63. The first-order valence-corrected chi connectivity index (χ1v) is 5.64. The van der Waals surface area contributed by atoms with Gasteiger partial charge < -0.3 is 11.1 Å². The van der Waals surface area contributed by atoms with Gasteiger partial charge in [0.25, 0.3) is 0 Å². The molecule has 1 rings (SSSR count). The lowest BCUT2D eigenvalue weighted by Crippen LogP contribution is -2.23. The fraction of sp³-hybridized carbons (Fsp3) is 0.462. The number of hydrogen-bond acceptors (Lipinski definition) is 3. The Morgan fingerprint density at radius 3 is 2.69 bits per heavy atom. The van der Waals surface area contributed by atoms with Crippen LogP contribution in [0.2, 0.25) is 0 Å². The number of nitrogens with two attached hydrogens (primary N) is 1. The summed E-state index contributed by atoms with van der Waals surface area (Å²) in [5.74, 6) is 0.573. The average molecular weight is 217 g/mol. The van der Waals surface area contributed by atoms with Crippen molar-refractivity contribution in [3.63, 3.8) is 0 Å². The summed E-state index contributed by atoms with van der Waals surface area (Å²) in [6, 6.07) is 7.88. The van der Waals surface area contributed by atoms with Gasteiger partial charge in [-0.3, -0.25) is 0 Å². The molecular weight excluding hydrogens is 198 g/mol. The van der Waals surface area contributed by atoms with E-state index < -0.39 is 0 Å². The van der Waals surface area contributed by atoms with E-state index in [-0.39, 0.29) is 0 Å². The molecular formula is C13H19N3. The second-order valence-electron chi connectivity index (χ2n) is 4.24. The zero-order valence-electron chi connectivity index (χ0n) is 10.1. The van der Waals surface area contributed by atoms with E-state index in [1.54, 1.807) is 6.07 Å². The van der Waals surface area contributed by atoms with Gasteiger partial charge in [-0.25, -0.2) is 0 Å². The molecule has 0 aliphatic carbocycles. The Morgan fingerprint density at radius 1 is 1.44 bits per heavy atom. The van der Waals surface area contributed by atoms with Gasteiger partial charge in [-0.2, -0.15) is 5.26 Å². The largest absolute Gasteiger partial charge is 0.399 e. The SMILES string of the molecule is CCC(C)C(C)Nc1ccc(N)cc1C#N. The molecule has 1 aromatic rings. The van der Waals surface area contributed by atoms with E-state index in [1.165, 1.54) is 0 Å². The van der Waals surface area contributed by atoms with E-state index in [0.29, 0.717) is 23.2 Å². The van der Waals surface area contributed by atoms with Gasteiger partial charge in [0.15, 0.2) is 0 Å². The number of anilines is 2. The minimum atomic E-state index is 0.348. The van der Waals surface area contributed by atoms with E-state index in [0.717, 1.165) is 12.1 Å². The quantitative estimate of drug-likeness (QED) is 0.762. The fourth-order valence-corrected chi connectivity index (χ4v) is 1.52. The molecule has 0 heterocycles. The average Bonchev–Trinajstić information content (AvgIpc) is 2.30. The first-order valence-electron chi connectivity index (χ1n) is 5.64. The molecule has 16 heavy (non-hydrogen) atoms. The Morgan fingerprint density at radius 2 is 2.12 bits per heavy atom. The van der Waals surface area contributed by atoms with Crippen LogP contribution < -0.4 is 11.1 Å². The van der Waals surface area contributed by atoms with E-state index in [9.17, 15) is 0 Å². The zero-order valence-corrected chi connectivity index (χ0v) is 10.1. The Labute approximate surface area is 97.3 Å². The molecule has 0 spiro atoms. The normalized spacial score (nSPS) is 13.9. The summed E-state index contributed by atoms with van der Waals surface area (Å²) in [5.41, 5.74) is 7.74. The molecule has 0 saturated carbocycles. The van der Waals surface area contributed by atoms with Gasteiger partial charge in [0.05, 0.1) is 11.3 Å². The lowest BCUT2D eigenvalue weighted by Gasteiger charge is -2.21. The lowest BCUT2D eigenvalue weighted by atomic mass is 10.00. The van der Waals surface area contributed by atoms with E-state index in [4.69, 9.17) is 11.0 Å². The molecule has 0 saturated heterocycles. The number of nitrogens with zero attached hydrogens (tertiary/aromatic N) is 1. The maximum Gasteiger partial charge on any atom is 0.101 e. The smallest absolute Gasteiger partial charge is 0.101 e. The molecule has 2 unspecified atom stereocenters. The van der Waals surface area contributed by atoms with Crippen LogP contribution in [0.5, 0.6) is 0 Å². The number of hydrogen-bond donors (Lipinski definition) is 2. The zero-order chi connectivity index (χ0) is 12.1. The van der Waals surface area contributed by atoms with Crippen molar-refractivity contribution in [1.82, 2.24) is 0 Å². The molecule has 3 nitrogen and oxygen atoms in total. The summed E-state index contributed by atoms with van der Waals surface area (Å²) >= 11 is 0. The Bertz CT molecular complexity index is 393. The van der Waals surface area contributed by atoms with Crippen LogP contribution in [0.4, 0.5) is 11.4 Å². The van der Waals surface area contributed by atoms with Gasteiger partial charge in [0, 0.05) is 11.7 Å². The van der Waals surface area contributed by atoms with Crippen LogP contribution in [0.25, 0.3) is 0 Å². The standard InChI is InChI=1S/C13H19N3/c1-4-9(2)10(3)16-13-6-5-12(15)7-11(13)8-14/h5-7,9-10,16H,4,15H2,1-3H3. The van der Waals surface area contributed by atoms with E-state index in [1.807, 2.05) is 12.1 Å². The van der Waals surface area contributed by atoms with Gasteiger partial charge in [-0.15, -0.1) is 0 Å². The molecule has 1 aromatic carbocycles.